The smallest absolute Gasteiger partial charge is 0.243 e. The van der Waals surface area contributed by atoms with Gasteiger partial charge < -0.3 is 5.32 Å². The van der Waals surface area contributed by atoms with E-state index in [2.05, 4.69) is 5.32 Å². The molecule has 1 aliphatic heterocycles. The lowest BCUT2D eigenvalue weighted by Gasteiger charge is -2.32. The predicted molar refractivity (Wildman–Crippen MR) is 91.1 cm³/mol. The third-order valence-electron chi connectivity index (χ3n) is 4.00. The third-order valence-corrected chi connectivity index (χ3v) is 6.98. The summed E-state index contributed by atoms with van der Waals surface area (Å²) in [6, 6.07) is 8.14. The van der Waals surface area contributed by atoms with Gasteiger partial charge >= 0.3 is 0 Å². The number of rotatable bonds is 3. The van der Waals surface area contributed by atoms with Crippen LogP contribution in [-0.4, -0.2) is 25.2 Å². The lowest BCUT2D eigenvalue weighted by molar-refractivity contribution is -0.114. The summed E-state index contributed by atoms with van der Waals surface area (Å²) in [4.78, 5) is 12.6. The molecular weight excluding hydrogens is 332 g/mol. The minimum absolute atomic E-state index is 0.162. The molecule has 0 radical (unpaired) electrons. The van der Waals surface area contributed by atoms with Crippen LogP contribution in [0.25, 0.3) is 0 Å². The molecular formula is C16H18N2O3S2. The molecule has 2 heterocycles. The van der Waals surface area contributed by atoms with Crippen LogP contribution in [0.4, 0.5) is 5.69 Å². The third kappa shape index (κ3) is 3.04. The number of hydrogen-bond acceptors (Lipinski definition) is 4. The Bertz CT molecular complexity index is 825. The van der Waals surface area contributed by atoms with Crippen molar-refractivity contribution in [2.75, 3.05) is 11.9 Å². The molecule has 1 aliphatic rings. The zero-order valence-electron chi connectivity index (χ0n) is 12.9. The minimum atomic E-state index is -3.55. The monoisotopic (exact) mass is 350 g/mol. The van der Waals surface area contributed by atoms with E-state index in [0.717, 1.165) is 12.0 Å². The molecule has 0 saturated heterocycles. The van der Waals surface area contributed by atoms with Crippen molar-refractivity contribution >= 4 is 33.0 Å². The molecule has 1 N–H and O–H groups in total. The second-order valence-electron chi connectivity index (χ2n) is 5.55. The van der Waals surface area contributed by atoms with Gasteiger partial charge in [0.05, 0.1) is 4.90 Å². The average molecular weight is 350 g/mol. The standard InChI is InChI=1S/C16H18N2O3S2/c1-11-15-8-10-22-16(15)7-9-18(11)23(20,21)14-5-3-13(4-6-14)17-12(2)19/h3-6,8,10-11H,7,9H2,1-2H3,(H,17,19)/t11-/m1/s1. The first-order valence-corrected chi connectivity index (χ1v) is 9.67. The Balaban J connectivity index is 1.88. The lowest BCUT2D eigenvalue weighted by atomic mass is 10.0. The largest absolute Gasteiger partial charge is 0.326 e. The van der Waals surface area contributed by atoms with E-state index in [9.17, 15) is 13.2 Å². The van der Waals surface area contributed by atoms with Crippen LogP contribution in [-0.2, 0) is 21.2 Å². The van der Waals surface area contributed by atoms with Crippen LogP contribution in [0.15, 0.2) is 40.6 Å². The number of hydrogen-bond donors (Lipinski definition) is 1. The fraction of sp³-hybridized carbons (Fsp3) is 0.312. The first-order valence-electron chi connectivity index (χ1n) is 7.35. The van der Waals surface area contributed by atoms with E-state index >= 15 is 0 Å². The van der Waals surface area contributed by atoms with E-state index in [-0.39, 0.29) is 16.8 Å². The molecule has 0 spiro atoms. The first-order chi connectivity index (χ1) is 10.9. The summed E-state index contributed by atoms with van der Waals surface area (Å²) >= 11 is 1.68. The Kier molecular flexibility index (Phi) is 4.27. The highest BCUT2D eigenvalue weighted by molar-refractivity contribution is 7.89. The molecule has 2 aromatic rings. The molecule has 0 bridgehead atoms. The van der Waals surface area contributed by atoms with Crippen molar-refractivity contribution in [2.45, 2.75) is 31.2 Å². The number of nitrogens with one attached hydrogen (secondary N) is 1. The number of anilines is 1. The van der Waals surface area contributed by atoms with Crippen molar-refractivity contribution in [3.05, 3.63) is 46.2 Å². The Hall–Kier alpha value is -1.70. The van der Waals surface area contributed by atoms with Crippen molar-refractivity contribution in [1.29, 1.82) is 0 Å². The minimum Gasteiger partial charge on any atom is -0.326 e. The highest BCUT2D eigenvalue weighted by Gasteiger charge is 2.34. The van der Waals surface area contributed by atoms with E-state index < -0.39 is 10.0 Å². The molecule has 1 amide bonds. The molecule has 0 aliphatic carbocycles. The van der Waals surface area contributed by atoms with Crippen molar-refractivity contribution in [3.63, 3.8) is 0 Å². The van der Waals surface area contributed by atoms with Crippen LogP contribution < -0.4 is 5.32 Å². The summed E-state index contributed by atoms with van der Waals surface area (Å²) in [6.45, 7) is 3.83. The number of sulfonamides is 1. The molecule has 1 atom stereocenters. The Morgan fingerprint density at radius 2 is 1.96 bits per heavy atom. The predicted octanol–water partition coefficient (Wildman–Crippen LogP) is 3.01. The number of fused-ring (bicyclic) bond motifs is 1. The molecule has 1 aromatic heterocycles. The molecule has 0 unspecified atom stereocenters. The lowest BCUT2D eigenvalue weighted by Crippen LogP contribution is -2.38. The van der Waals surface area contributed by atoms with Crippen molar-refractivity contribution in [3.8, 4) is 0 Å². The van der Waals surface area contributed by atoms with Crippen LogP contribution in [0.3, 0.4) is 0 Å². The van der Waals surface area contributed by atoms with Gasteiger partial charge in [0.1, 0.15) is 0 Å². The van der Waals surface area contributed by atoms with E-state index in [1.807, 2.05) is 18.4 Å². The van der Waals surface area contributed by atoms with Gasteiger partial charge in [-0.15, -0.1) is 11.3 Å². The van der Waals surface area contributed by atoms with Crippen LogP contribution in [0.2, 0.25) is 0 Å². The van der Waals surface area contributed by atoms with Crippen molar-refractivity contribution in [1.82, 2.24) is 4.31 Å². The quantitative estimate of drug-likeness (QED) is 0.925. The van der Waals surface area contributed by atoms with Gasteiger partial charge in [0.15, 0.2) is 0 Å². The molecule has 23 heavy (non-hydrogen) atoms. The van der Waals surface area contributed by atoms with Gasteiger partial charge in [-0.05, 0) is 54.6 Å². The number of amides is 1. The Labute approximate surface area is 140 Å². The molecule has 0 fully saturated rings. The number of carbonyl (C=O) groups excluding carboxylic acids is 1. The van der Waals surface area contributed by atoms with E-state index in [1.54, 1.807) is 27.8 Å². The second kappa shape index (κ2) is 6.07. The fourth-order valence-electron chi connectivity index (χ4n) is 2.86. The topological polar surface area (TPSA) is 66.5 Å². The van der Waals surface area contributed by atoms with E-state index in [0.29, 0.717) is 12.2 Å². The summed E-state index contributed by atoms with van der Waals surface area (Å²) in [5, 5.41) is 4.65. The maximum absolute atomic E-state index is 12.9. The van der Waals surface area contributed by atoms with Gasteiger partial charge in [0.2, 0.25) is 15.9 Å². The van der Waals surface area contributed by atoms with E-state index in [4.69, 9.17) is 0 Å². The van der Waals surface area contributed by atoms with Crippen molar-refractivity contribution < 1.29 is 13.2 Å². The summed E-state index contributed by atoms with van der Waals surface area (Å²) in [5.74, 6) is -0.185. The Morgan fingerprint density at radius 1 is 1.26 bits per heavy atom. The zero-order chi connectivity index (χ0) is 16.6. The van der Waals surface area contributed by atoms with Crippen LogP contribution >= 0.6 is 11.3 Å². The van der Waals surface area contributed by atoms with Crippen molar-refractivity contribution in [2.24, 2.45) is 0 Å². The summed E-state index contributed by atoms with van der Waals surface area (Å²) in [6.07, 6.45) is 0.751. The number of thiophene rings is 1. The van der Waals surface area contributed by atoms with Crippen LogP contribution in [0.5, 0.6) is 0 Å². The van der Waals surface area contributed by atoms with Gasteiger partial charge in [-0.1, -0.05) is 0 Å². The first kappa shape index (κ1) is 16.2. The average Bonchev–Trinajstić information content (AvgIpc) is 2.96. The molecule has 0 saturated carbocycles. The Morgan fingerprint density at radius 3 is 2.61 bits per heavy atom. The normalized spacial score (nSPS) is 18.4. The maximum atomic E-state index is 12.9. The van der Waals surface area contributed by atoms with Crippen LogP contribution in [0, 0.1) is 0 Å². The zero-order valence-corrected chi connectivity index (χ0v) is 14.6. The molecule has 7 heteroatoms. The molecule has 1 aromatic carbocycles. The van der Waals surface area contributed by atoms with Gasteiger partial charge in [-0.3, -0.25) is 4.79 Å². The van der Waals surface area contributed by atoms with Gasteiger partial charge in [0, 0.05) is 30.1 Å². The highest BCUT2D eigenvalue weighted by Crippen LogP contribution is 2.36. The van der Waals surface area contributed by atoms with Gasteiger partial charge in [-0.2, -0.15) is 4.31 Å². The number of benzene rings is 1. The molecule has 5 nitrogen and oxygen atoms in total. The fourth-order valence-corrected chi connectivity index (χ4v) is 5.44. The second-order valence-corrected chi connectivity index (χ2v) is 8.44. The van der Waals surface area contributed by atoms with Gasteiger partial charge in [0.25, 0.3) is 0 Å². The molecule has 122 valence electrons. The summed E-state index contributed by atoms with van der Waals surface area (Å²) < 4.78 is 27.4. The highest BCUT2D eigenvalue weighted by atomic mass is 32.2. The summed E-state index contributed by atoms with van der Waals surface area (Å²) in [5.41, 5.74) is 1.68. The number of nitrogens with zero attached hydrogens (tertiary/aromatic N) is 1. The van der Waals surface area contributed by atoms with Gasteiger partial charge in [-0.25, -0.2) is 8.42 Å². The molecule has 3 rings (SSSR count). The summed E-state index contributed by atoms with van der Waals surface area (Å²) in [7, 11) is -3.55. The van der Waals surface area contributed by atoms with E-state index in [1.165, 1.54) is 23.9 Å². The number of carbonyl (C=O) groups is 1. The maximum Gasteiger partial charge on any atom is 0.243 e. The van der Waals surface area contributed by atoms with Crippen LogP contribution in [0.1, 0.15) is 30.3 Å². The SMILES string of the molecule is CC(=O)Nc1ccc(S(=O)(=O)N2CCc3sccc3[C@H]2C)cc1.